The Hall–Kier alpha value is -3.63. The van der Waals surface area contributed by atoms with Crippen LogP contribution >= 0.6 is 0 Å². The molecule has 0 saturated carbocycles. The van der Waals surface area contributed by atoms with E-state index in [1.54, 1.807) is 0 Å². The van der Waals surface area contributed by atoms with Gasteiger partial charge in [0.05, 0.1) is 23.8 Å². The molecule has 2 aliphatic rings. The van der Waals surface area contributed by atoms with Crippen molar-refractivity contribution < 1.29 is 38.7 Å². The molecule has 1 saturated heterocycles. The van der Waals surface area contributed by atoms with Crippen molar-refractivity contribution in [2.45, 2.75) is 13.3 Å². The maximum Gasteiger partial charge on any atom is 0.328 e. The predicted octanol–water partition coefficient (Wildman–Crippen LogP) is -2.06. The Morgan fingerprint density at radius 3 is 2.12 bits per heavy atom. The van der Waals surface area contributed by atoms with Crippen LogP contribution in [0.2, 0.25) is 0 Å². The second-order valence-electron chi connectivity index (χ2n) is 5.63. The molecule has 2 atom stereocenters. The number of primary amides is 1. The summed E-state index contributed by atoms with van der Waals surface area (Å²) >= 11 is 0. The van der Waals surface area contributed by atoms with Gasteiger partial charge in [-0.05, 0) is 12.5 Å². The highest BCUT2D eigenvalue weighted by molar-refractivity contribution is 6.31. The molecule has 1 heterocycles. The standard InChI is InChI=1S/C15H13N3O8/c1-4-5(2-7-13(24)17-15(26)18-14(7)25)10(21)6(3-8(19)20)11(22)9(4)12(16)23/h2,5-6H,3H2,1H3,(H2,16,23)(H,19,20)(H2,17,18,24,25,26)/t5-,6-/m0/s1. The van der Waals surface area contributed by atoms with E-state index in [4.69, 9.17) is 10.8 Å². The van der Waals surface area contributed by atoms with Crippen LogP contribution in [0.3, 0.4) is 0 Å². The number of barbiturate groups is 1. The monoisotopic (exact) mass is 363 g/mol. The Morgan fingerprint density at radius 1 is 1.12 bits per heavy atom. The van der Waals surface area contributed by atoms with E-state index in [2.05, 4.69) is 0 Å². The molecule has 11 nitrogen and oxygen atoms in total. The van der Waals surface area contributed by atoms with Crippen molar-refractivity contribution in [1.29, 1.82) is 0 Å². The van der Waals surface area contributed by atoms with Crippen molar-refractivity contribution in [2.24, 2.45) is 17.6 Å². The molecule has 0 aromatic rings. The Labute approximate surface area is 145 Å². The van der Waals surface area contributed by atoms with Gasteiger partial charge in [-0.1, -0.05) is 6.08 Å². The SMILES string of the molecule is CC1=C(C(N)=O)C(=O)[C@@H](CC(=O)O)C(=O)[C@H]1C=C1C(=O)NC(=O)NC1=O. The number of aliphatic carboxylic acids is 1. The van der Waals surface area contributed by atoms with Crippen molar-refractivity contribution in [3.8, 4) is 0 Å². The number of carbonyl (C=O) groups is 7. The minimum Gasteiger partial charge on any atom is -0.481 e. The molecule has 1 aliphatic heterocycles. The lowest BCUT2D eigenvalue weighted by molar-refractivity contribution is -0.145. The zero-order valence-electron chi connectivity index (χ0n) is 13.3. The van der Waals surface area contributed by atoms with Crippen molar-refractivity contribution in [2.75, 3.05) is 0 Å². The molecule has 11 heteroatoms. The molecular formula is C15H13N3O8. The predicted molar refractivity (Wildman–Crippen MR) is 80.9 cm³/mol. The summed E-state index contributed by atoms with van der Waals surface area (Å²) in [6.45, 7) is 1.23. The van der Waals surface area contributed by atoms with Gasteiger partial charge in [-0.3, -0.25) is 39.4 Å². The summed E-state index contributed by atoms with van der Waals surface area (Å²) in [4.78, 5) is 82.0. The Morgan fingerprint density at radius 2 is 1.65 bits per heavy atom. The van der Waals surface area contributed by atoms with Crippen molar-refractivity contribution >= 4 is 41.3 Å². The molecule has 2 rings (SSSR count). The highest BCUT2D eigenvalue weighted by atomic mass is 16.4. The first-order chi connectivity index (χ1) is 12.0. The van der Waals surface area contributed by atoms with Gasteiger partial charge in [0.2, 0.25) is 0 Å². The Kier molecular flexibility index (Phi) is 4.82. The number of carboxylic acid groups (broad SMARTS) is 1. The second kappa shape index (κ2) is 6.70. The third-order valence-corrected chi connectivity index (χ3v) is 3.98. The van der Waals surface area contributed by atoms with Gasteiger partial charge in [-0.2, -0.15) is 0 Å². The van der Waals surface area contributed by atoms with E-state index in [1.165, 1.54) is 6.92 Å². The number of nitrogens with two attached hydrogens (primary N) is 1. The molecular weight excluding hydrogens is 350 g/mol. The lowest BCUT2D eigenvalue weighted by Crippen LogP contribution is -2.52. The van der Waals surface area contributed by atoms with Crippen LogP contribution in [0.25, 0.3) is 0 Å². The summed E-state index contributed by atoms with van der Waals surface area (Å²) in [5, 5.41) is 12.5. The number of amides is 5. The van der Waals surface area contributed by atoms with Gasteiger partial charge in [0.15, 0.2) is 11.6 Å². The van der Waals surface area contributed by atoms with Gasteiger partial charge in [-0.15, -0.1) is 0 Å². The van der Waals surface area contributed by atoms with Crippen LogP contribution in [0.1, 0.15) is 13.3 Å². The topological polar surface area (TPSA) is 190 Å². The number of urea groups is 1. The molecule has 0 unspecified atom stereocenters. The minimum absolute atomic E-state index is 0.112. The molecule has 0 aromatic heterocycles. The fraction of sp³-hybridized carbons (Fsp3) is 0.267. The number of nitrogens with one attached hydrogen (secondary N) is 2. The van der Waals surface area contributed by atoms with Gasteiger partial charge in [-0.25, -0.2) is 4.79 Å². The third kappa shape index (κ3) is 3.27. The van der Waals surface area contributed by atoms with E-state index in [1.807, 2.05) is 10.6 Å². The first-order valence-electron chi connectivity index (χ1n) is 7.23. The van der Waals surface area contributed by atoms with Crippen LogP contribution in [-0.4, -0.2) is 46.4 Å². The smallest absolute Gasteiger partial charge is 0.328 e. The van der Waals surface area contributed by atoms with Gasteiger partial charge >= 0.3 is 12.0 Å². The van der Waals surface area contributed by atoms with Crippen LogP contribution in [0, 0.1) is 11.8 Å². The maximum atomic E-state index is 12.6. The fourth-order valence-corrected chi connectivity index (χ4v) is 2.77. The Balaban J connectivity index is 2.57. The molecule has 5 amide bonds. The average molecular weight is 363 g/mol. The number of allylic oxidation sites excluding steroid dienone is 2. The Bertz CT molecular complexity index is 829. The average Bonchev–Trinajstić information content (AvgIpc) is 2.49. The molecule has 0 bridgehead atoms. The van der Waals surface area contributed by atoms with E-state index >= 15 is 0 Å². The number of carbonyl (C=O) groups excluding carboxylic acids is 6. The normalized spacial score (nSPS) is 23.6. The quantitative estimate of drug-likeness (QED) is 0.249. The number of hydrogen-bond donors (Lipinski definition) is 4. The zero-order chi connectivity index (χ0) is 19.8. The number of rotatable bonds is 4. The van der Waals surface area contributed by atoms with E-state index in [0.29, 0.717) is 0 Å². The third-order valence-electron chi connectivity index (χ3n) is 3.98. The largest absolute Gasteiger partial charge is 0.481 e. The second-order valence-corrected chi connectivity index (χ2v) is 5.63. The molecule has 0 radical (unpaired) electrons. The van der Waals surface area contributed by atoms with Crippen LogP contribution in [-0.2, 0) is 28.8 Å². The summed E-state index contributed by atoms with van der Waals surface area (Å²) in [7, 11) is 0. The number of carboxylic acids is 1. The summed E-state index contributed by atoms with van der Waals surface area (Å²) < 4.78 is 0. The van der Waals surface area contributed by atoms with Crippen molar-refractivity contribution in [1.82, 2.24) is 10.6 Å². The van der Waals surface area contributed by atoms with Crippen molar-refractivity contribution in [3.63, 3.8) is 0 Å². The minimum atomic E-state index is -1.68. The highest BCUT2D eigenvalue weighted by Crippen LogP contribution is 2.32. The van der Waals surface area contributed by atoms with Gasteiger partial charge in [0, 0.05) is 0 Å². The molecule has 0 spiro atoms. The van der Waals surface area contributed by atoms with Crippen molar-refractivity contribution in [3.05, 3.63) is 22.8 Å². The molecule has 1 fully saturated rings. The van der Waals surface area contributed by atoms with Gasteiger partial charge in [0.1, 0.15) is 5.57 Å². The van der Waals surface area contributed by atoms with E-state index in [9.17, 15) is 33.6 Å². The first kappa shape index (κ1) is 18.7. The zero-order valence-corrected chi connectivity index (χ0v) is 13.3. The summed E-state index contributed by atoms with van der Waals surface area (Å²) in [5.74, 6) is -9.78. The molecule has 26 heavy (non-hydrogen) atoms. The molecule has 5 N–H and O–H groups in total. The van der Waals surface area contributed by atoms with E-state index < -0.39 is 70.7 Å². The van der Waals surface area contributed by atoms with E-state index in [0.717, 1.165) is 6.08 Å². The lowest BCUT2D eigenvalue weighted by Gasteiger charge is -2.27. The van der Waals surface area contributed by atoms with Crippen LogP contribution in [0.4, 0.5) is 4.79 Å². The molecule has 0 aromatic carbocycles. The number of imide groups is 2. The number of hydrogen-bond acceptors (Lipinski definition) is 7. The maximum absolute atomic E-state index is 12.6. The fourth-order valence-electron chi connectivity index (χ4n) is 2.77. The lowest BCUT2D eigenvalue weighted by atomic mass is 9.73. The summed E-state index contributed by atoms with van der Waals surface area (Å²) in [6.07, 6.45) is -0.00270. The van der Waals surface area contributed by atoms with Crippen LogP contribution in [0.15, 0.2) is 22.8 Å². The van der Waals surface area contributed by atoms with Crippen LogP contribution in [0.5, 0.6) is 0 Å². The molecule has 136 valence electrons. The van der Waals surface area contributed by atoms with Gasteiger partial charge < -0.3 is 10.8 Å². The number of ketones is 2. The van der Waals surface area contributed by atoms with Crippen LogP contribution < -0.4 is 16.4 Å². The molecule has 1 aliphatic carbocycles. The van der Waals surface area contributed by atoms with Gasteiger partial charge in [0.25, 0.3) is 17.7 Å². The van der Waals surface area contributed by atoms with E-state index in [-0.39, 0.29) is 5.57 Å². The summed E-state index contributed by atoms with van der Waals surface area (Å²) in [5.41, 5.74) is 3.90. The number of Topliss-reactive ketones (excluding diaryl/α,β-unsaturated/α-hetero) is 2. The highest BCUT2D eigenvalue weighted by Gasteiger charge is 2.44. The summed E-state index contributed by atoms with van der Waals surface area (Å²) in [6, 6.07) is -1.05. The first-order valence-corrected chi connectivity index (χ1v) is 7.23.